The molecule has 0 N–H and O–H groups in total. The van der Waals surface area contributed by atoms with Crippen molar-refractivity contribution in [2.24, 2.45) is 0 Å². The van der Waals surface area contributed by atoms with Crippen LogP contribution in [0.3, 0.4) is 0 Å². The number of hydrogen-bond acceptors (Lipinski definition) is 5. The van der Waals surface area contributed by atoms with Crippen molar-refractivity contribution >= 4 is 15.7 Å². The van der Waals surface area contributed by atoms with Crippen molar-refractivity contribution in [3.8, 4) is 11.5 Å². The number of amides is 1. The maximum Gasteiger partial charge on any atom is 0.341 e. The number of sulfone groups is 1. The van der Waals surface area contributed by atoms with Gasteiger partial charge in [0.05, 0.1) is 4.90 Å². The van der Waals surface area contributed by atoms with Crippen molar-refractivity contribution in [3.05, 3.63) is 53.6 Å². The van der Waals surface area contributed by atoms with Gasteiger partial charge in [0.2, 0.25) is 16.6 Å². The Morgan fingerprint density at radius 2 is 1.77 bits per heavy atom. The molecular weight excluding hydrogens is 368 g/mol. The van der Waals surface area contributed by atoms with Gasteiger partial charge in [0.25, 0.3) is 5.91 Å². The second-order valence-electron chi connectivity index (χ2n) is 5.68. The van der Waals surface area contributed by atoms with Gasteiger partial charge < -0.3 is 14.4 Å². The van der Waals surface area contributed by atoms with Crippen LogP contribution < -0.4 is 9.47 Å². The van der Waals surface area contributed by atoms with Crippen molar-refractivity contribution in [1.29, 1.82) is 0 Å². The molecule has 0 spiro atoms. The zero-order valence-corrected chi connectivity index (χ0v) is 14.5. The molecule has 3 rings (SSSR count). The van der Waals surface area contributed by atoms with Gasteiger partial charge in [0.1, 0.15) is 0 Å². The minimum Gasteiger partial charge on any atom is -0.454 e. The van der Waals surface area contributed by atoms with E-state index in [0.29, 0.717) is 11.5 Å². The zero-order valence-electron chi connectivity index (χ0n) is 13.7. The zero-order chi connectivity index (χ0) is 18.9. The number of hydrogen-bond donors (Lipinski definition) is 0. The molecule has 0 bridgehead atoms. The Morgan fingerprint density at radius 1 is 1.12 bits per heavy atom. The van der Waals surface area contributed by atoms with Crippen molar-refractivity contribution in [2.45, 2.75) is 17.2 Å². The molecule has 0 saturated heterocycles. The number of halogens is 2. The predicted octanol–water partition coefficient (Wildman–Crippen LogP) is 2.68. The molecule has 0 atom stereocenters. The number of nitrogens with zero attached hydrogens (tertiary/aromatic N) is 1. The van der Waals surface area contributed by atoms with Gasteiger partial charge in [-0.25, -0.2) is 8.42 Å². The number of benzene rings is 2. The molecule has 26 heavy (non-hydrogen) atoms. The summed E-state index contributed by atoms with van der Waals surface area (Å²) in [4.78, 5) is 13.3. The number of fused-ring (bicyclic) bond motifs is 1. The SMILES string of the molecule is CN(Cc1ccc2c(c1)OCO2)C(=O)c1ccc(S(=O)(=O)C(F)F)cc1. The quantitative estimate of drug-likeness (QED) is 0.794. The van der Waals surface area contributed by atoms with E-state index in [2.05, 4.69) is 0 Å². The van der Waals surface area contributed by atoms with Gasteiger partial charge >= 0.3 is 5.76 Å². The summed E-state index contributed by atoms with van der Waals surface area (Å²) in [6, 6.07) is 9.76. The minimum atomic E-state index is -4.68. The largest absolute Gasteiger partial charge is 0.454 e. The van der Waals surface area contributed by atoms with Crippen LogP contribution in [0, 0.1) is 0 Å². The summed E-state index contributed by atoms with van der Waals surface area (Å²) < 4.78 is 58.4. The molecule has 138 valence electrons. The molecule has 0 unspecified atom stereocenters. The molecule has 0 saturated carbocycles. The average Bonchev–Trinajstić information content (AvgIpc) is 3.08. The van der Waals surface area contributed by atoms with E-state index in [1.54, 1.807) is 25.2 Å². The Bertz CT molecular complexity index is 929. The third-order valence-electron chi connectivity index (χ3n) is 3.87. The van der Waals surface area contributed by atoms with Crippen molar-refractivity contribution in [1.82, 2.24) is 4.90 Å². The molecule has 2 aromatic carbocycles. The number of rotatable bonds is 5. The summed E-state index contributed by atoms with van der Waals surface area (Å²) in [5, 5.41) is 0. The third kappa shape index (κ3) is 3.48. The molecule has 6 nitrogen and oxygen atoms in total. The Morgan fingerprint density at radius 3 is 2.42 bits per heavy atom. The fraction of sp³-hybridized carbons (Fsp3) is 0.235. The van der Waals surface area contributed by atoms with E-state index < -0.39 is 20.5 Å². The Labute approximate surface area is 148 Å². The normalized spacial score (nSPS) is 13.1. The van der Waals surface area contributed by atoms with E-state index in [1.165, 1.54) is 17.0 Å². The predicted molar refractivity (Wildman–Crippen MR) is 88.0 cm³/mol. The molecule has 0 fully saturated rings. The molecular formula is C17H15F2NO5S. The van der Waals surface area contributed by atoms with Crippen LogP contribution in [-0.4, -0.2) is 38.8 Å². The first kappa shape index (κ1) is 18.1. The fourth-order valence-electron chi connectivity index (χ4n) is 2.50. The lowest BCUT2D eigenvalue weighted by molar-refractivity contribution is 0.0785. The van der Waals surface area contributed by atoms with Crippen LogP contribution in [0.15, 0.2) is 47.4 Å². The van der Waals surface area contributed by atoms with Gasteiger partial charge in [-0.2, -0.15) is 8.78 Å². The van der Waals surface area contributed by atoms with E-state index in [1.807, 2.05) is 0 Å². The molecule has 9 heteroatoms. The summed E-state index contributed by atoms with van der Waals surface area (Å²) in [7, 11) is -3.10. The second-order valence-corrected chi connectivity index (χ2v) is 7.60. The van der Waals surface area contributed by atoms with Gasteiger partial charge in [0, 0.05) is 19.2 Å². The molecule has 0 aliphatic carbocycles. The maximum atomic E-state index is 12.5. The van der Waals surface area contributed by atoms with Crippen LogP contribution in [0.25, 0.3) is 0 Å². The summed E-state index contributed by atoms with van der Waals surface area (Å²) in [5.74, 6) is -2.63. The van der Waals surface area contributed by atoms with Crippen LogP contribution in [0.2, 0.25) is 0 Å². The van der Waals surface area contributed by atoms with Gasteiger partial charge in [0.15, 0.2) is 11.5 Å². The molecule has 1 aliphatic heterocycles. The lowest BCUT2D eigenvalue weighted by Crippen LogP contribution is -2.26. The maximum absolute atomic E-state index is 12.5. The lowest BCUT2D eigenvalue weighted by atomic mass is 10.1. The third-order valence-corrected chi connectivity index (χ3v) is 5.27. The van der Waals surface area contributed by atoms with Gasteiger partial charge in [-0.05, 0) is 42.0 Å². The molecule has 2 aromatic rings. The molecule has 1 heterocycles. The first-order valence-electron chi connectivity index (χ1n) is 7.55. The smallest absolute Gasteiger partial charge is 0.341 e. The summed E-state index contributed by atoms with van der Waals surface area (Å²) in [5.41, 5.74) is 1.02. The number of alkyl halides is 2. The number of carbonyl (C=O) groups is 1. The second kappa shape index (κ2) is 6.91. The van der Waals surface area contributed by atoms with Crippen LogP contribution in [0.4, 0.5) is 8.78 Å². The highest BCUT2D eigenvalue weighted by Gasteiger charge is 2.26. The van der Waals surface area contributed by atoms with Gasteiger partial charge in [-0.15, -0.1) is 0 Å². The molecule has 0 radical (unpaired) electrons. The number of carbonyl (C=O) groups excluding carboxylic acids is 1. The van der Waals surface area contributed by atoms with E-state index in [0.717, 1.165) is 17.7 Å². The van der Waals surface area contributed by atoms with E-state index >= 15 is 0 Å². The van der Waals surface area contributed by atoms with E-state index in [-0.39, 0.29) is 24.8 Å². The Kier molecular flexibility index (Phi) is 4.82. The summed E-state index contributed by atoms with van der Waals surface area (Å²) >= 11 is 0. The number of ether oxygens (including phenoxy) is 2. The fourth-order valence-corrected chi connectivity index (χ4v) is 3.22. The van der Waals surface area contributed by atoms with E-state index in [4.69, 9.17) is 9.47 Å². The highest BCUT2D eigenvalue weighted by atomic mass is 32.2. The molecule has 1 aliphatic rings. The minimum absolute atomic E-state index is 0.154. The van der Waals surface area contributed by atoms with Crippen molar-refractivity contribution in [2.75, 3.05) is 13.8 Å². The topological polar surface area (TPSA) is 72.9 Å². The molecule has 1 amide bonds. The summed E-state index contributed by atoms with van der Waals surface area (Å²) in [6.07, 6.45) is 0. The van der Waals surface area contributed by atoms with Crippen LogP contribution in [0.5, 0.6) is 11.5 Å². The molecule has 0 aromatic heterocycles. The monoisotopic (exact) mass is 383 g/mol. The van der Waals surface area contributed by atoms with E-state index in [9.17, 15) is 22.0 Å². The highest BCUT2D eigenvalue weighted by Crippen LogP contribution is 2.32. The standard InChI is InChI=1S/C17H15F2NO5S/c1-20(9-11-2-7-14-15(8-11)25-10-24-14)16(21)12-3-5-13(6-4-12)26(22,23)17(18)19/h2-8,17H,9-10H2,1H3. The average molecular weight is 383 g/mol. The lowest BCUT2D eigenvalue weighted by Gasteiger charge is -2.18. The first-order valence-corrected chi connectivity index (χ1v) is 9.10. The highest BCUT2D eigenvalue weighted by molar-refractivity contribution is 7.91. The van der Waals surface area contributed by atoms with Gasteiger partial charge in [-0.1, -0.05) is 6.07 Å². The Hall–Kier alpha value is -2.68. The van der Waals surface area contributed by atoms with Crippen molar-refractivity contribution < 1.29 is 31.5 Å². The summed E-state index contributed by atoms with van der Waals surface area (Å²) in [6.45, 7) is 0.438. The Balaban J connectivity index is 1.72. The van der Waals surface area contributed by atoms with Crippen LogP contribution >= 0.6 is 0 Å². The van der Waals surface area contributed by atoms with Crippen molar-refractivity contribution in [3.63, 3.8) is 0 Å². The van der Waals surface area contributed by atoms with Crippen LogP contribution in [-0.2, 0) is 16.4 Å². The van der Waals surface area contributed by atoms with Crippen LogP contribution in [0.1, 0.15) is 15.9 Å². The van der Waals surface area contributed by atoms with Gasteiger partial charge in [-0.3, -0.25) is 4.79 Å². The first-order chi connectivity index (χ1) is 12.3.